The van der Waals surface area contributed by atoms with E-state index in [1.165, 1.54) is 12.1 Å². The molecule has 0 aliphatic rings. The lowest BCUT2D eigenvalue weighted by atomic mass is 9.86. The summed E-state index contributed by atoms with van der Waals surface area (Å²) in [5, 5.41) is 3.08. The molecule has 3 N–H and O–H groups in total. The van der Waals surface area contributed by atoms with E-state index in [4.69, 9.17) is 17.3 Å². The standard InChI is InChI=1S/C14H20ClFN2O.ClH/c1-8(10-6-5-9(16)7-11(10)15)18-13(19)12(17)14(2,3)4;/h5-8,12H,17H2,1-4H3,(H,18,19);1H/t8?,12-;/m1./s1. The molecule has 6 heteroatoms. The topological polar surface area (TPSA) is 55.1 Å². The van der Waals surface area contributed by atoms with Crippen LogP contribution < -0.4 is 11.1 Å². The first kappa shape index (κ1) is 19.2. The summed E-state index contributed by atoms with van der Waals surface area (Å²) in [6.45, 7) is 7.47. The van der Waals surface area contributed by atoms with E-state index >= 15 is 0 Å². The molecule has 0 saturated heterocycles. The summed E-state index contributed by atoms with van der Waals surface area (Å²) in [6.07, 6.45) is 0. The molecule has 1 aromatic carbocycles. The molecule has 0 radical (unpaired) electrons. The Balaban J connectivity index is 0.00000361. The Labute approximate surface area is 130 Å². The minimum absolute atomic E-state index is 0. The van der Waals surface area contributed by atoms with Crippen molar-refractivity contribution < 1.29 is 9.18 Å². The van der Waals surface area contributed by atoms with Crippen molar-refractivity contribution in [2.75, 3.05) is 0 Å². The van der Waals surface area contributed by atoms with Gasteiger partial charge in [-0.2, -0.15) is 0 Å². The molecule has 114 valence electrons. The van der Waals surface area contributed by atoms with Gasteiger partial charge in [0.25, 0.3) is 0 Å². The van der Waals surface area contributed by atoms with E-state index < -0.39 is 11.9 Å². The lowest BCUT2D eigenvalue weighted by Gasteiger charge is -2.27. The molecule has 3 nitrogen and oxygen atoms in total. The summed E-state index contributed by atoms with van der Waals surface area (Å²) in [6, 6.07) is 3.16. The Morgan fingerprint density at radius 3 is 2.40 bits per heavy atom. The minimum atomic E-state index is -0.617. The van der Waals surface area contributed by atoms with Gasteiger partial charge in [-0.05, 0) is 30.0 Å². The first-order valence-electron chi connectivity index (χ1n) is 6.14. The van der Waals surface area contributed by atoms with Gasteiger partial charge in [-0.15, -0.1) is 12.4 Å². The van der Waals surface area contributed by atoms with E-state index in [9.17, 15) is 9.18 Å². The lowest BCUT2D eigenvalue weighted by Crippen LogP contribution is -2.49. The molecule has 1 amide bonds. The number of halogens is 3. The molecule has 0 heterocycles. The average Bonchev–Trinajstić information content (AvgIpc) is 2.26. The molecule has 0 spiro atoms. The molecule has 0 saturated carbocycles. The maximum Gasteiger partial charge on any atom is 0.237 e. The second-order valence-electron chi connectivity index (χ2n) is 5.74. The Morgan fingerprint density at radius 2 is 1.95 bits per heavy atom. The summed E-state index contributed by atoms with van der Waals surface area (Å²) in [4.78, 5) is 12.0. The zero-order chi connectivity index (χ0) is 14.8. The second kappa shape index (κ2) is 7.25. The van der Waals surface area contributed by atoms with Gasteiger partial charge in [-0.25, -0.2) is 4.39 Å². The van der Waals surface area contributed by atoms with Gasteiger partial charge in [0.1, 0.15) is 5.82 Å². The van der Waals surface area contributed by atoms with E-state index in [1.807, 2.05) is 20.8 Å². The predicted molar refractivity (Wildman–Crippen MR) is 82.6 cm³/mol. The number of amides is 1. The third kappa shape index (κ3) is 4.93. The smallest absolute Gasteiger partial charge is 0.237 e. The van der Waals surface area contributed by atoms with Crippen molar-refractivity contribution in [1.29, 1.82) is 0 Å². The highest BCUT2D eigenvalue weighted by Gasteiger charge is 2.28. The van der Waals surface area contributed by atoms with Crippen molar-refractivity contribution in [2.24, 2.45) is 11.1 Å². The van der Waals surface area contributed by atoms with Crippen LogP contribution in [0, 0.1) is 11.2 Å². The normalized spacial score (nSPS) is 14.2. The van der Waals surface area contributed by atoms with Gasteiger partial charge < -0.3 is 11.1 Å². The van der Waals surface area contributed by atoms with Crippen LogP contribution in [0.15, 0.2) is 18.2 Å². The number of carbonyl (C=O) groups is 1. The highest BCUT2D eigenvalue weighted by atomic mass is 35.5. The Morgan fingerprint density at radius 1 is 1.40 bits per heavy atom. The third-order valence-corrected chi connectivity index (χ3v) is 3.33. The van der Waals surface area contributed by atoms with Crippen LogP contribution in [0.2, 0.25) is 5.02 Å². The van der Waals surface area contributed by atoms with Crippen LogP contribution in [0.25, 0.3) is 0 Å². The average molecular weight is 323 g/mol. The molecule has 1 unspecified atom stereocenters. The van der Waals surface area contributed by atoms with Crippen molar-refractivity contribution >= 4 is 29.9 Å². The summed E-state index contributed by atoms with van der Waals surface area (Å²) >= 11 is 5.95. The molecule has 0 aromatic heterocycles. The number of hydrogen-bond donors (Lipinski definition) is 2. The molecule has 0 aliphatic heterocycles. The molecule has 1 rings (SSSR count). The fraction of sp³-hybridized carbons (Fsp3) is 0.500. The zero-order valence-corrected chi connectivity index (χ0v) is 13.6. The molecule has 0 fully saturated rings. The largest absolute Gasteiger partial charge is 0.348 e. The van der Waals surface area contributed by atoms with Crippen molar-refractivity contribution in [3.05, 3.63) is 34.6 Å². The molecular formula is C14H21Cl2FN2O. The van der Waals surface area contributed by atoms with E-state index in [0.29, 0.717) is 5.56 Å². The summed E-state index contributed by atoms with van der Waals surface area (Å²) in [5.41, 5.74) is 6.22. The SMILES string of the molecule is CC(NC(=O)[C@@H](N)C(C)(C)C)c1ccc(F)cc1Cl.Cl. The number of nitrogens with two attached hydrogens (primary N) is 1. The highest BCUT2D eigenvalue weighted by Crippen LogP contribution is 2.24. The van der Waals surface area contributed by atoms with E-state index in [-0.39, 0.29) is 34.8 Å². The first-order valence-corrected chi connectivity index (χ1v) is 6.51. The van der Waals surface area contributed by atoms with Gasteiger partial charge in [0.05, 0.1) is 12.1 Å². The molecule has 20 heavy (non-hydrogen) atoms. The predicted octanol–water partition coefficient (Wildman–Crippen LogP) is 3.45. The van der Waals surface area contributed by atoms with E-state index in [0.717, 1.165) is 0 Å². The van der Waals surface area contributed by atoms with Crippen molar-refractivity contribution in [3.63, 3.8) is 0 Å². The minimum Gasteiger partial charge on any atom is -0.348 e. The first-order chi connectivity index (χ1) is 8.62. The lowest BCUT2D eigenvalue weighted by molar-refractivity contribution is -0.125. The number of rotatable bonds is 3. The number of benzene rings is 1. The monoisotopic (exact) mass is 322 g/mol. The molecule has 2 atom stereocenters. The number of hydrogen-bond acceptors (Lipinski definition) is 2. The Kier molecular flexibility index (Phi) is 6.94. The van der Waals surface area contributed by atoms with Gasteiger partial charge in [0, 0.05) is 5.02 Å². The molecule has 0 bridgehead atoms. The summed E-state index contributed by atoms with van der Waals surface area (Å²) in [7, 11) is 0. The van der Waals surface area contributed by atoms with E-state index in [1.54, 1.807) is 13.0 Å². The van der Waals surface area contributed by atoms with Crippen LogP contribution in [-0.4, -0.2) is 11.9 Å². The van der Waals surface area contributed by atoms with Crippen LogP contribution in [0.1, 0.15) is 39.3 Å². The quantitative estimate of drug-likeness (QED) is 0.895. The van der Waals surface area contributed by atoms with Gasteiger partial charge in [0.15, 0.2) is 0 Å². The van der Waals surface area contributed by atoms with Crippen molar-refractivity contribution in [1.82, 2.24) is 5.32 Å². The van der Waals surface area contributed by atoms with Crippen molar-refractivity contribution in [3.8, 4) is 0 Å². The zero-order valence-electron chi connectivity index (χ0n) is 12.0. The van der Waals surface area contributed by atoms with Gasteiger partial charge in [-0.1, -0.05) is 38.4 Å². The fourth-order valence-corrected chi connectivity index (χ4v) is 1.96. The molecule has 1 aromatic rings. The maximum absolute atomic E-state index is 13.0. The van der Waals surface area contributed by atoms with Crippen molar-refractivity contribution in [2.45, 2.75) is 39.8 Å². The Bertz CT molecular complexity index is 475. The van der Waals surface area contributed by atoms with Gasteiger partial charge in [-0.3, -0.25) is 4.79 Å². The maximum atomic E-state index is 13.0. The van der Waals surface area contributed by atoms with Crippen LogP contribution in [0.4, 0.5) is 4.39 Å². The number of carbonyl (C=O) groups excluding carboxylic acids is 1. The van der Waals surface area contributed by atoms with Gasteiger partial charge in [0.2, 0.25) is 5.91 Å². The second-order valence-corrected chi connectivity index (χ2v) is 6.15. The van der Waals surface area contributed by atoms with E-state index in [2.05, 4.69) is 5.32 Å². The third-order valence-electron chi connectivity index (χ3n) is 3.00. The van der Waals surface area contributed by atoms with Crippen LogP contribution in [0.5, 0.6) is 0 Å². The Hall–Kier alpha value is -0.840. The summed E-state index contributed by atoms with van der Waals surface area (Å²) < 4.78 is 13.0. The molecule has 0 aliphatic carbocycles. The fourth-order valence-electron chi connectivity index (χ4n) is 1.63. The van der Waals surface area contributed by atoms with Gasteiger partial charge >= 0.3 is 0 Å². The number of nitrogens with one attached hydrogen (secondary N) is 1. The molecular weight excluding hydrogens is 302 g/mol. The van der Waals surface area contributed by atoms with Crippen LogP contribution in [0.3, 0.4) is 0 Å². The summed E-state index contributed by atoms with van der Waals surface area (Å²) in [5.74, 6) is -0.654. The van der Waals surface area contributed by atoms with Crippen LogP contribution >= 0.6 is 24.0 Å². The highest BCUT2D eigenvalue weighted by molar-refractivity contribution is 6.31. The van der Waals surface area contributed by atoms with Crippen LogP contribution in [-0.2, 0) is 4.79 Å².